The number of ether oxygens (including phenoxy) is 1. The Morgan fingerprint density at radius 3 is 2.44 bits per heavy atom. The van der Waals surface area contributed by atoms with Crippen molar-refractivity contribution >= 4 is 17.2 Å². The maximum absolute atomic E-state index is 5.38. The molecule has 0 aliphatic carbocycles. The molecule has 0 atom stereocenters. The van der Waals surface area contributed by atoms with Crippen LogP contribution in [0.4, 0.5) is 0 Å². The average Bonchev–Trinajstić information content (AvgIpc) is 2.45. The molecule has 2 nitrogen and oxygen atoms in total. The molecule has 0 fully saturated rings. The minimum absolute atomic E-state index is 0.705. The highest BCUT2D eigenvalue weighted by Crippen LogP contribution is 2.17. The van der Waals surface area contributed by atoms with E-state index in [0.29, 0.717) is 4.99 Å². The Labute approximate surface area is 113 Å². The Morgan fingerprint density at radius 1 is 1.06 bits per heavy atom. The maximum atomic E-state index is 5.38. The summed E-state index contributed by atoms with van der Waals surface area (Å²) >= 11 is 5.38. The van der Waals surface area contributed by atoms with E-state index in [4.69, 9.17) is 17.0 Å². The lowest BCUT2D eigenvalue weighted by Gasteiger charge is -2.11. The highest BCUT2D eigenvalue weighted by Gasteiger charge is 2.06. The van der Waals surface area contributed by atoms with Crippen molar-refractivity contribution in [1.29, 1.82) is 0 Å². The van der Waals surface area contributed by atoms with Crippen molar-refractivity contribution in [1.82, 2.24) is 5.32 Å². The second kappa shape index (κ2) is 6.17. The van der Waals surface area contributed by atoms with Gasteiger partial charge >= 0.3 is 0 Å². The summed E-state index contributed by atoms with van der Waals surface area (Å²) in [6, 6.07) is 17.9. The van der Waals surface area contributed by atoms with Gasteiger partial charge in [0.2, 0.25) is 0 Å². The Morgan fingerprint density at radius 2 is 1.72 bits per heavy atom. The van der Waals surface area contributed by atoms with Crippen molar-refractivity contribution < 1.29 is 4.74 Å². The molecule has 0 saturated heterocycles. The highest BCUT2D eigenvalue weighted by molar-refractivity contribution is 7.80. The first-order chi connectivity index (χ1) is 8.81. The fraction of sp³-hybridized carbons (Fsp3) is 0.133. The lowest BCUT2D eigenvalue weighted by molar-refractivity contribution is 0.414. The van der Waals surface area contributed by atoms with Crippen LogP contribution in [0.1, 0.15) is 11.1 Å². The predicted octanol–water partition coefficient (Wildman–Crippen LogP) is 3.16. The second-order valence-electron chi connectivity index (χ2n) is 3.87. The third-order valence-electron chi connectivity index (χ3n) is 2.65. The van der Waals surface area contributed by atoms with E-state index in [1.807, 2.05) is 42.5 Å². The summed E-state index contributed by atoms with van der Waals surface area (Å²) in [5, 5.41) is 3.24. The lowest BCUT2D eigenvalue weighted by Crippen LogP contribution is -2.22. The Hall–Kier alpha value is -1.87. The Kier molecular flexibility index (Phi) is 4.31. The van der Waals surface area contributed by atoms with Gasteiger partial charge in [-0.25, -0.2) is 0 Å². The Balaban J connectivity index is 2.04. The first-order valence-corrected chi connectivity index (χ1v) is 6.17. The fourth-order valence-electron chi connectivity index (χ4n) is 1.71. The van der Waals surface area contributed by atoms with E-state index in [1.54, 1.807) is 7.11 Å². The number of para-hydroxylation sites is 1. The molecule has 0 aliphatic heterocycles. The largest absolute Gasteiger partial charge is 0.496 e. The summed E-state index contributed by atoms with van der Waals surface area (Å²) in [6.07, 6.45) is 0. The minimum Gasteiger partial charge on any atom is -0.496 e. The molecule has 0 spiro atoms. The van der Waals surface area contributed by atoms with Crippen LogP contribution in [-0.4, -0.2) is 12.1 Å². The van der Waals surface area contributed by atoms with Crippen molar-refractivity contribution in [3.63, 3.8) is 0 Å². The van der Waals surface area contributed by atoms with E-state index in [1.165, 1.54) is 5.56 Å². The maximum Gasteiger partial charge on any atom is 0.129 e. The molecule has 1 N–H and O–H groups in total. The molecule has 0 saturated carbocycles. The van der Waals surface area contributed by atoms with Crippen LogP contribution < -0.4 is 10.1 Å². The molecule has 0 aliphatic rings. The van der Waals surface area contributed by atoms with Crippen LogP contribution in [0, 0.1) is 0 Å². The summed E-state index contributed by atoms with van der Waals surface area (Å²) in [5.74, 6) is 0.795. The molecule has 0 amide bonds. The van der Waals surface area contributed by atoms with Crippen LogP contribution in [0.2, 0.25) is 0 Å². The third kappa shape index (κ3) is 3.08. The van der Waals surface area contributed by atoms with E-state index >= 15 is 0 Å². The van der Waals surface area contributed by atoms with Crippen molar-refractivity contribution in [3.05, 3.63) is 65.7 Å². The number of thiocarbonyl (C=S) groups is 1. The van der Waals surface area contributed by atoms with Crippen molar-refractivity contribution in [2.75, 3.05) is 7.11 Å². The van der Waals surface area contributed by atoms with Gasteiger partial charge in [0, 0.05) is 6.54 Å². The van der Waals surface area contributed by atoms with E-state index in [2.05, 4.69) is 17.4 Å². The summed E-state index contributed by atoms with van der Waals surface area (Å²) in [7, 11) is 1.65. The molecular weight excluding hydrogens is 242 g/mol. The first-order valence-electron chi connectivity index (χ1n) is 5.76. The van der Waals surface area contributed by atoms with Gasteiger partial charge in [0.1, 0.15) is 10.7 Å². The predicted molar refractivity (Wildman–Crippen MR) is 78.0 cm³/mol. The van der Waals surface area contributed by atoms with E-state index in [0.717, 1.165) is 17.9 Å². The molecule has 2 rings (SSSR count). The molecule has 0 unspecified atom stereocenters. The van der Waals surface area contributed by atoms with Crippen LogP contribution >= 0.6 is 12.2 Å². The number of methoxy groups -OCH3 is 1. The monoisotopic (exact) mass is 257 g/mol. The number of rotatable bonds is 4. The second-order valence-corrected chi connectivity index (χ2v) is 4.28. The molecule has 18 heavy (non-hydrogen) atoms. The molecule has 0 radical (unpaired) electrons. The first kappa shape index (κ1) is 12.6. The van der Waals surface area contributed by atoms with Gasteiger partial charge in [-0.05, 0) is 17.7 Å². The summed E-state index contributed by atoms with van der Waals surface area (Å²) in [5.41, 5.74) is 2.13. The van der Waals surface area contributed by atoms with Crippen molar-refractivity contribution in [2.24, 2.45) is 0 Å². The zero-order valence-electron chi connectivity index (χ0n) is 10.2. The van der Waals surface area contributed by atoms with E-state index < -0.39 is 0 Å². The Bertz CT molecular complexity index is 525. The van der Waals surface area contributed by atoms with Gasteiger partial charge in [0.05, 0.1) is 12.7 Å². The zero-order chi connectivity index (χ0) is 12.8. The quantitative estimate of drug-likeness (QED) is 0.850. The molecule has 2 aromatic carbocycles. The van der Waals surface area contributed by atoms with Crippen molar-refractivity contribution in [2.45, 2.75) is 6.54 Å². The fourth-order valence-corrected chi connectivity index (χ4v) is 1.95. The molecular formula is C15H15NOS. The summed E-state index contributed by atoms with van der Waals surface area (Å²) < 4.78 is 5.29. The minimum atomic E-state index is 0.705. The van der Waals surface area contributed by atoms with Crippen LogP contribution in [0.15, 0.2) is 54.6 Å². The molecule has 0 bridgehead atoms. The highest BCUT2D eigenvalue weighted by atomic mass is 32.1. The number of nitrogens with one attached hydrogen (secondary N) is 1. The van der Waals surface area contributed by atoms with Gasteiger partial charge in [-0.1, -0.05) is 54.7 Å². The van der Waals surface area contributed by atoms with Gasteiger partial charge in [0.25, 0.3) is 0 Å². The smallest absolute Gasteiger partial charge is 0.129 e. The standard InChI is InChI=1S/C15H15NOS/c1-17-14-10-6-5-9-13(14)15(18)16-11-12-7-3-2-4-8-12/h2-10H,11H2,1H3,(H,16,18). The third-order valence-corrected chi connectivity index (χ3v) is 3.01. The number of hydrogen-bond acceptors (Lipinski definition) is 2. The molecule has 0 aromatic heterocycles. The summed E-state index contributed by atoms with van der Waals surface area (Å²) in [4.78, 5) is 0.705. The van der Waals surface area contributed by atoms with Crippen LogP contribution in [0.25, 0.3) is 0 Å². The topological polar surface area (TPSA) is 21.3 Å². The molecule has 92 valence electrons. The zero-order valence-corrected chi connectivity index (χ0v) is 11.0. The number of hydrogen-bond donors (Lipinski definition) is 1. The van der Waals surface area contributed by atoms with Gasteiger partial charge in [-0.3, -0.25) is 0 Å². The molecule has 0 heterocycles. The van der Waals surface area contributed by atoms with Gasteiger partial charge in [0.15, 0.2) is 0 Å². The SMILES string of the molecule is COc1ccccc1C(=S)NCc1ccccc1. The van der Waals surface area contributed by atoms with E-state index in [9.17, 15) is 0 Å². The van der Waals surface area contributed by atoms with Gasteiger partial charge in [-0.15, -0.1) is 0 Å². The number of benzene rings is 2. The average molecular weight is 257 g/mol. The molecule has 2 aromatic rings. The van der Waals surface area contributed by atoms with Crippen LogP contribution in [0.5, 0.6) is 5.75 Å². The normalized spacial score (nSPS) is 9.83. The van der Waals surface area contributed by atoms with Gasteiger partial charge < -0.3 is 10.1 Å². The summed E-state index contributed by atoms with van der Waals surface area (Å²) in [6.45, 7) is 0.720. The van der Waals surface area contributed by atoms with Crippen LogP contribution in [0.3, 0.4) is 0 Å². The van der Waals surface area contributed by atoms with Crippen molar-refractivity contribution in [3.8, 4) is 5.75 Å². The van der Waals surface area contributed by atoms with Gasteiger partial charge in [-0.2, -0.15) is 0 Å². The molecule has 3 heteroatoms. The lowest BCUT2D eigenvalue weighted by atomic mass is 10.2. The van der Waals surface area contributed by atoms with Crippen LogP contribution in [-0.2, 0) is 6.54 Å². The van der Waals surface area contributed by atoms with E-state index in [-0.39, 0.29) is 0 Å².